The monoisotopic (exact) mass is 360 g/mol. The first-order chi connectivity index (χ1) is 12.0. The summed E-state index contributed by atoms with van der Waals surface area (Å²) in [5.74, 6) is -1.60. The molecule has 2 unspecified atom stereocenters. The fourth-order valence-corrected chi connectivity index (χ4v) is 2.89. The summed E-state index contributed by atoms with van der Waals surface area (Å²) >= 11 is 5.69. The van der Waals surface area contributed by atoms with Crippen molar-refractivity contribution in [3.8, 4) is 0 Å². The van der Waals surface area contributed by atoms with Crippen molar-refractivity contribution in [2.24, 2.45) is 11.8 Å². The molecular formula is C19H18ClFN2O2. The van der Waals surface area contributed by atoms with E-state index in [9.17, 15) is 14.0 Å². The van der Waals surface area contributed by atoms with Crippen LogP contribution in [0.15, 0.2) is 42.5 Å². The van der Waals surface area contributed by atoms with Gasteiger partial charge in [0.1, 0.15) is 5.82 Å². The van der Waals surface area contributed by atoms with Crippen molar-refractivity contribution in [3.63, 3.8) is 0 Å². The maximum atomic E-state index is 13.1. The first-order valence-electron chi connectivity index (χ1n) is 8.04. The van der Waals surface area contributed by atoms with E-state index in [0.29, 0.717) is 18.7 Å². The van der Waals surface area contributed by atoms with Gasteiger partial charge in [-0.1, -0.05) is 35.9 Å². The molecule has 1 saturated carbocycles. The Morgan fingerprint density at radius 3 is 2.60 bits per heavy atom. The lowest BCUT2D eigenvalue weighted by atomic mass is 10.1. The molecule has 1 aliphatic carbocycles. The SMILES string of the molecule is Cc1ccccc1CNC(=O)C1CC1C(=O)Nc1ccc(F)c(Cl)c1. The van der Waals surface area contributed by atoms with Crippen LogP contribution in [0.4, 0.5) is 10.1 Å². The molecule has 1 fully saturated rings. The summed E-state index contributed by atoms with van der Waals surface area (Å²) in [6.07, 6.45) is 0.514. The van der Waals surface area contributed by atoms with E-state index in [4.69, 9.17) is 11.6 Å². The molecule has 0 bridgehead atoms. The number of rotatable bonds is 5. The number of amides is 2. The molecule has 130 valence electrons. The first kappa shape index (κ1) is 17.4. The molecule has 2 amide bonds. The lowest BCUT2D eigenvalue weighted by Crippen LogP contribution is -2.27. The number of aryl methyl sites for hydroxylation is 1. The van der Waals surface area contributed by atoms with Crippen molar-refractivity contribution in [3.05, 3.63) is 64.4 Å². The van der Waals surface area contributed by atoms with Gasteiger partial charge in [-0.3, -0.25) is 9.59 Å². The molecule has 0 spiro atoms. The molecule has 2 aromatic rings. The van der Waals surface area contributed by atoms with Gasteiger partial charge in [-0.25, -0.2) is 4.39 Å². The Hall–Kier alpha value is -2.40. The molecule has 2 atom stereocenters. The van der Waals surface area contributed by atoms with Gasteiger partial charge in [-0.15, -0.1) is 0 Å². The smallest absolute Gasteiger partial charge is 0.228 e. The molecular weight excluding hydrogens is 343 g/mol. The third kappa shape index (κ3) is 4.17. The number of hydrogen-bond donors (Lipinski definition) is 2. The zero-order valence-electron chi connectivity index (χ0n) is 13.7. The van der Waals surface area contributed by atoms with Crippen molar-refractivity contribution in [2.45, 2.75) is 19.9 Å². The van der Waals surface area contributed by atoms with Crippen LogP contribution in [-0.4, -0.2) is 11.8 Å². The van der Waals surface area contributed by atoms with Crippen molar-refractivity contribution < 1.29 is 14.0 Å². The highest BCUT2D eigenvalue weighted by molar-refractivity contribution is 6.31. The highest BCUT2D eigenvalue weighted by Crippen LogP contribution is 2.39. The van der Waals surface area contributed by atoms with Crippen LogP contribution in [0.5, 0.6) is 0 Å². The largest absolute Gasteiger partial charge is 0.352 e. The number of benzene rings is 2. The van der Waals surface area contributed by atoms with E-state index in [1.807, 2.05) is 31.2 Å². The van der Waals surface area contributed by atoms with Crippen molar-refractivity contribution in [1.29, 1.82) is 0 Å². The van der Waals surface area contributed by atoms with Gasteiger partial charge in [-0.2, -0.15) is 0 Å². The van der Waals surface area contributed by atoms with E-state index < -0.39 is 5.82 Å². The zero-order valence-corrected chi connectivity index (χ0v) is 14.4. The summed E-state index contributed by atoms with van der Waals surface area (Å²) in [5.41, 5.74) is 2.59. The summed E-state index contributed by atoms with van der Waals surface area (Å²) < 4.78 is 13.1. The zero-order chi connectivity index (χ0) is 18.0. The third-order valence-electron chi connectivity index (χ3n) is 4.37. The van der Waals surface area contributed by atoms with E-state index in [1.54, 1.807) is 0 Å². The second kappa shape index (κ2) is 7.23. The van der Waals surface area contributed by atoms with Gasteiger partial charge in [0.15, 0.2) is 0 Å². The van der Waals surface area contributed by atoms with Crippen LogP contribution in [0.3, 0.4) is 0 Å². The second-order valence-electron chi connectivity index (χ2n) is 6.21. The molecule has 6 heteroatoms. The highest BCUT2D eigenvalue weighted by Gasteiger charge is 2.47. The molecule has 25 heavy (non-hydrogen) atoms. The van der Waals surface area contributed by atoms with Crippen molar-refractivity contribution >= 4 is 29.1 Å². The fourth-order valence-electron chi connectivity index (χ4n) is 2.71. The molecule has 4 nitrogen and oxygen atoms in total. The standard InChI is InChI=1S/C19H18ClFN2O2/c1-11-4-2-3-5-12(11)10-22-18(24)14-9-15(14)19(25)23-13-6-7-17(21)16(20)8-13/h2-8,14-15H,9-10H2,1H3,(H,22,24)(H,23,25). The molecule has 0 saturated heterocycles. The van der Waals surface area contributed by atoms with Crippen LogP contribution in [-0.2, 0) is 16.1 Å². The van der Waals surface area contributed by atoms with Gasteiger partial charge in [0.2, 0.25) is 11.8 Å². The molecule has 0 aliphatic heterocycles. The number of halogens is 2. The fraction of sp³-hybridized carbons (Fsp3) is 0.263. The van der Waals surface area contributed by atoms with Crippen molar-refractivity contribution in [1.82, 2.24) is 5.32 Å². The minimum Gasteiger partial charge on any atom is -0.352 e. The first-order valence-corrected chi connectivity index (χ1v) is 8.41. The van der Waals surface area contributed by atoms with E-state index in [-0.39, 0.29) is 28.7 Å². The summed E-state index contributed by atoms with van der Waals surface area (Å²) in [6, 6.07) is 11.8. The molecule has 0 radical (unpaired) electrons. The van der Waals surface area contributed by atoms with Crippen LogP contribution in [0.2, 0.25) is 5.02 Å². The Labute approximate surface area is 150 Å². The summed E-state index contributed by atoms with van der Waals surface area (Å²) in [4.78, 5) is 24.4. The summed E-state index contributed by atoms with van der Waals surface area (Å²) in [7, 11) is 0. The van der Waals surface area contributed by atoms with Crippen LogP contribution in [0, 0.1) is 24.6 Å². The van der Waals surface area contributed by atoms with Gasteiger partial charge in [-0.05, 0) is 42.7 Å². The lowest BCUT2D eigenvalue weighted by Gasteiger charge is -2.08. The van der Waals surface area contributed by atoms with E-state index >= 15 is 0 Å². The maximum Gasteiger partial charge on any atom is 0.228 e. The predicted molar refractivity (Wildman–Crippen MR) is 94.7 cm³/mol. The quantitative estimate of drug-likeness (QED) is 0.854. The van der Waals surface area contributed by atoms with Gasteiger partial charge in [0, 0.05) is 12.2 Å². The number of anilines is 1. The van der Waals surface area contributed by atoms with E-state index in [2.05, 4.69) is 10.6 Å². The lowest BCUT2D eigenvalue weighted by molar-refractivity contribution is -0.125. The molecule has 2 aromatic carbocycles. The average Bonchev–Trinajstić information content (AvgIpc) is 3.38. The normalized spacial score (nSPS) is 18.5. The average molecular weight is 361 g/mol. The second-order valence-corrected chi connectivity index (χ2v) is 6.62. The molecule has 2 N–H and O–H groups in total. The molecule has 3 rings (SSSR count). The Morgan fingerprint density at radius 1 is 1.16 bits per heavy atom. The summed E-state index contributed by atoms with van der Waals surface area (Å²) in [6.45, 7) is 2.44. The van der Waals surface area contributed by atoms with Crippen molar-refractivity contribution in [2.75, 3.05) is 5.32 Å². The van der Waals surface area contributed by atoms with E-state index in [0.717, 1.165) is 11.1 Å². The van der Waals surface area contributed by atoms with Crippen LogP contribution in [0.25, 0.3) is 0 Å². The van der Waals surface area contributed by atoms with Crippen LogP contribution in [0.1, 0.15) is 17.5 Å². The van der Waals surface area contributed by atoms with Gasteiger partial charge >= 0.3 is 0 Å². The predicted octanol–water partition coefficient (Wildman–Crippen LogP) is 3.68. The Balaban J connectivity index is 1.51. The van der Waals surface area contributed by atoms with Crippen LogP contribution >= 0.6 is 11.6 Å². The number of hydrogen-bond acceptors (Lipinski definition) is 2. The molecule has 0 aromatic heterocycles. The minimum absolute atomic E-state index is 0.0545. The van der Waals surface area contributed by atoms with E-state index in [1.165, 1.54) is 18.2 Å². The maximum absolute atomic E-state index is 13.1. The number of carbonyl (C=O) groups is 2. The highest BCUT2D eigenvalue weighted by atomic mass is 35.5. The molecule has 1 aliphatic rings. The van der Waals surface area contributed by atoms with Crippen LogP contribution < -0.4 is 10.6 Å². The van der Waals surface area contributed by atoms with Gasteiger partial charge < -0.3 is 10.6 Å². The Morgan fingerprint density at radius 2 is 1.88 bits per heavy atom. The topological polar surface area (TPSA) is 58.2 Å². The minimum atomic E-state index is -0.542. The van der Waals surface area contributed by atoms with Gasteiger partial charge in [0.25, 0.3) is 0 Å². The Kier molecular flexibility index (Phi) is 5.04. The van der Waals surface area contributed by atoms with Gasteiger partial charge in [0.05, 0.1) is 16.9 Å². The summed E-state index contributed by atoms with van der Waals surface area (Å²) in [5, 5.41) is 5.49. The number of nitrogens with one attached hydrogen (secondary N) is 2. The Bertz CT molecular complexity index is 825. The third-order valence-corrected chi connectivity index (χ3v) is 4.66. The molecule has 0 heterocycles. The number of carbonyl (C=O) groups excluding carboxylic acids is 2.